The highest BCUT2D eigenvalue weighted by atomic mass is 19.1. The smallest absolute Gasteiger partial charge is 0.101 e. The first-order valence-corrected chi connectivity index (χ1v) is 6.35. The molecule has 0 unspecified atom stereocenters. The van der Waals surface area contributed by atoms with Crippen LogP contribution in [0.4, 0.5) is 4.39 Å². The van der Waals surface area contributed by atoms with Gasteiger partial charge in [-0.2, -0.15) is 0 Å². The Morgan fingerprint density at radius 2 is 2.31 bits per heavy atom. The molecule has 0 heterocycles. The first kappa shape index (κ1) is 13.7. The Hall–Kier alpha value is -0.370. The monoisotopic (exact) mass is 228 g/mol. The standard InChI is InChI=1S/C14H25FO/c1-5-13(15)9-14(10-16-4)7-6-11(2)12(3)8-14/h8,11,13H,5-7,9-10H2,1-4H3/t11-,13+,14-/m1/s1. The zero-order chi connectivity index (χ0) is 12.2. The second-order valence-corrected chi connectivity index (χ2v) is 5.33. The van der Waals surface area contributed by atoms with Gasteiger partial charge in [-0.15, -0.1) is 0 Å². The molecule has 1 aliphatic carbocycles. The van der Waals surface area contributed by atoms with Crippen molar-refractivity contribution in [3.05, 3.63) is 11.6 Å². The van der Waals surface area contributed by atoms with Gasteiger partial charge in [-0.1, -0.05) is 25.5 Å². The third kappa shape index (κ3) is 3.31. The van der Waals surface area contributed by atoms with Crippen LogP contribution in [0.15, 0.2) is 11.6 Å². The van der Waals surface area contributed by atoms with Crippen molar-refractivity contribution in [1.29, 1.82) is 0 Å². The van der Waals surface area contributed by atoms with Gasteiger partial charge in [-0.3, -0.25) is 0 Å². The summed E-state index contributed by atoms with van der Waals surface area (Å²) in [4.78, 5) is 0. The lowest BCUT2D eigenvalue weighted by atomic mass is 9.70. The lowest BCUT2D eigenvalue weighted by Gasteiger charge is -2.37. The van der Waals surface area contributed by atoms with E-state index in [9.17, 15) is 4.39 Å². The van der Waals surface area contributed by atoms with Crippen molar-refractivity contribution in [2.45, 2.75) is 52.6 Å². The molecule has 0 radical (unpaired) electrons. The van der Waals surface area contributed by atoms with E-state index in [1.54, 1.807) is 7.11 Å². The fraction of sp³-hybridized carbons (Fsp3) is 0.857. The predicted molar refractivity (Wildman–Crippen MR) is 66.3 cm³/mol. The molecular weight excluding hydrogens is 203 g/mol. The van der Waals surface area contributed by atoms with E-state index < -0.39 is 6.17 Å². The Morgan fingerprint density at radius 3 is 2.81 bits per heavy atom. The molecule has 1 rings (SSSR count). The van der Waals surface area contributed by atoms with E-state index in [1.807, 2.05) is 6.92 Å². The van der Waals surface area contributed by atoms with Crippen LogP contribution >= 0.6 is 0 Å². The van der Waals surface area contributed by atoms with Gasteiger partial charge in [0.25, 0.3) is 0 Å². The molecular formula is C14H25FO. The van der Waals surface area contributed by atoms with E-state index >= 15 is 0 Å². The number of hydrogen-bond acceptors (Lipinski definition) is 1. The Morgan fingerprint density at radius 1 is 1.62 bits per heavy atom. The van der Waals surface area contributed by atoms with Gasteiger partial charge in [0, 0.05) is 12.5 Å². The molecule has 0 aromatic carbocycles. The third-order valence-corrected chi connectivity index (χ3v) is 3.89. The van der Waals surface area contributed by atoms with E-state index in [0.717, 1.165) is 12.8 Å². The van der Waals surface area contributed by atoms with Crippen LogP contribution in [-0.2, 0) is 4.74 Å². The number of alkyl halides is 1. The van der Waals surface area contributed by atoms with Crippen LogP contribution in [0.2, 0.25) is 0 Å². The molecule has 1 nitrogen and oxygen atoms in total. The zero-order valence-corrected chi connectivity index (χ0v) is 11.1. The molecule has 3 atom stereocenters. The van der Waals surface area contributed by atoms with Gasteiger partial charge in [0.05, 0.1) is 6.61 Å². The average Bonchev–Trinajstić information content (AvgIpc) is 2.24. The second-order valence-electron chi connectivity index (χ2n) is 5.33. The highest BCUT2D eigenvalue weighted by Crippen LogP contribution is 2.41. The van der Waals surface area contributed by atoms with Crippen LogP contribution in [0.3, 0.4) is 0 Å². The predicted octanol–water partition coefficient (Wildman–Crippen LogP) is 4.13. The van der Waals surface area contributed by atoms with Crippen LogP contribution in [0.5, 0.6) is 0 Å². The molecule has 0 aromatic heterocycles. The van der Waals surface area contributed by atoms with Crippen molar-refractivity contribution >= 4 is 0 Å². The van der Waals surface area contributed by atoms with Crippen molar-refractivity contribution in [1.82, 2.24) is 0 Å². The fourth-order valence-electron chi connectivity index (χ4n) is 2.64. The lowest BCUT2D eigenvalue weighted by Crippen LogP contribution is -2.32. The minimum atomic E-state index is -0.701. The number of rotatable bonds is 5. The molecule has 2 heteroatoms. The molecule has 0 N–H and O–H groups in total. The molecule has 0 saturated heterocycles. The Balaban J connectivity index is 2.80. The summed E-state index contributed by atoms with van der Waals surface area (Å²) >= 11 is 0. The van der Waals surface area contributed by atoms with Gasteiger partial charge < -0.3 is 4.74 Å². The van der Waals surface area contributed by atoms with E-state index in [2.05, 4.69) is 19.9 Å². The molecule has 1 aliphatic rings. The zero-order valence-electron chi connectivity index (χ0n) is 11.1. The van der Waals surface area contributed by atoms with Crippen molar-refractivity contribution in [3.63, 3.8) is 0 Å². The summed E-state index contributed by atoms with van der Waals surface area (Å²) in [6, 6.07) is 0. The van der Waals surface area contributed by atoms with E-state index in [1.165, 1.54) is 5.57 Å². The highest BCUT2D eigenvalue weighted by Gasteiger charge is 2.34. The van der Waals surface area contributed by atoms with Crippen molar-refractivity contribution < 1.29 is 9.13 Å². The summed E-state index contributed by atoms with van der Waals surface area (Å²) < 4.78 is 18.9. The van der Waals surface area contributed by atoms with Crippen molar-refractivity contribution in [2.75, 3.05) is 13.7 Å². The summed E-state index contributed by atoms with van der Waals surface area (Å²) in [7, 11) is 1.71. The van der Waals surface area contributed by atoms with Gasteiger partial charge in [-0.25, -0.2) is 4.39 Å². The molecule has 0 fully saturated rings. The van der Waals surface area contributed by atoms with Gasteiger partial charge in [0.1, 0.15) is 6.17 Å². The molecule has 0 aromatic rings. The summed E-state index contributed by atoms with van der Waals surface area (Å²) in [5, 5.41) is 0. The molecule has 16 heavy (non-hydrogen) atoms. The molecule has 94 valence electrons. The third-order valence-electron chi connectivity index (χ3n) is 3.89. The minimum absolute atomic E-state index is 0.0548. The first-order chi connectivity index (χ1) is 7.53. The first-order valence-electron chi connectivity index (χ1n) is 6.35. The highest BCUT2D eigenvalue weighted by molar-refractivity contribution is 5.15. The quantitative estimate of drug-likeness (QED) is 0.643. The SMILES string of the molecule is CC[C@H](F)C[C@]1(COC)C=C(C)[C@H](C)CC1. The second kappa shape index (κ2) is 5.81. The van der Waals surface area contributed by atoms with Crippen LogP contribution in [-0.4, -0.2) is 19.9 Å². The Labute approximate surface area is 99.1 Å². The van der Waals surface area contributed by atoms with E-state index in [4.69, 9.17) is 4.74 Å². The van der Waals surface area contributed by atoms with Gasteiger partial charge in [0.15, 0.2) is 0 Å². The number of hydrogen-bond donors (Lipinski definition) is 0. The van der Waals surface area contributed by atoms with Crippen molar-refractivity contribution in [2.24, 2.45) is 11.3 Å². The van der Waals surface area contributed by atoms with E-state index in [-0.39, 0.29) is 5.41 Å². The molecule has 0 amide bonds. The van der Waals surface area contributed by atoms with Crippen LogP contribution in [0.1, 0.15) is 46.5 Å². The lowest BCUT2D eigenvalue weighted by molar-refractivity contribution is 0.0679. The number of halogens is 1. The van der Waals surface area contributed by atoms with Gasteiger partial charge >= 0.3 is 0 Å². The van der Waals surface area contributed by atoms with Crippen molar-refractivity contribution in [3.8, 4) is 0 Å². The van der Waals surface area contributed by atoms with E-state index in [0.29, 0.717) is 25.4 Å². The average molecular weight is 228 g/mol. The summed E-state index contributed by atoms with van der Waals surface area (Å²) in [6.07, 6.45) is 5.00. The minimum Gasteiger partial charge on any atom is -0.384 e. The summed E-state index contributed by atoms with van der Waals surface area (Å²) in [5.41, 5.74) is 1.34. The molecule has 0 spiro atoms. The van der Waals surface area contributed by atoms with Gasteiger partial charge in [-0.05, 0) is 38.5 Å². The maximum absolute atomic E-state index is 13.6. The van der Waals surface area contributed by atoms with Crippen LogP contribution in [0.25, 0.3) is 0 Å². The maximum Gasteiger partial charge on any atom is 0.101 e. The van der Waals surface area contributed by atoms with Gasteiger partial charge in [0.2, 0.25) is 0 Å². The molecule has 0 aliphatic heterocycles. The Kier molecular flexibility index (Phi) is 4.97. The Bertz CT molecular complexity index is 249. The molecule has 0 saturated carbocycles. The maximum atomic E-state index is 13.6. The summed E-state index contributed by atoms with van der Waals surface area (Å²) in [5.74, 6) is 0.643. The normalized spacial score (nSPS) is 32.3. The fourth-order valence-corrected chi connectivity index (χ4v) is 2.64. The number of allylic oxidation sites excluding steroid dienone is 1. The van der Waals surface area contributed by atoms with Crippen LogP contribution < -0.4 is 0 Å². The molecule has 0 bridgehead atoms. The van der Waals surface area contributed by atoms with Crippen LogP contribution in [0, 0.1) is 11.3 Å². The largest absolute Gasteiger partial charge is 0.384 e. The topological polar surface area (TPSA) is 9.23 Å². The number of methoxy groups -OCH3 is 1. The summed E-state index contributed by atoms with van der Waals surface area (Å²) in [6.45, 7) is 6.97. The number of ether oxygens (including phenoxy) is 1.